The molecule has 4 aromatic heterocycles. The van der Waals surface area contributed by atoms with Gasteiger partial charge >= 0.3 is 0 Å². The molecule has 3 aromatic carbocycles. The summed E-state index contributed by atoms with van der Waals surface area (Å²) >= 11 is 6.24. The van der Waals surface area contributed by atoms with Crippen molar-refractivity contribution in [3.8, 4) is 0 Å². The largest absolute Gasteiger partial charge is 0.288 e. The molecule has 0 bridgehead atoms. The van der Waals surface area contributed by atoms with E-state index in [2.05, 4.69) is 16.8 Å². The van der Waals surface area contributed by atoms with Crippen molar-refractivity contribution in [2.24, 2.45) is 0 Å². The van der Waals surface area contributed by atoms with E-state index in [9.17, 15) is 9.59 Å². The molecule has 0 radical (unpaired) electrons. The fourth-order valence-electron chi connectivity index (χ4n) is 4.29. The molecule has 0 aliphatic heterocycles. The van der Waals surface area contributed by atoms with Crippen molar-refractivity contribution in [3.63, 3.8) is 0 Å². The molecule has 7 rings (SSSR count). The van der Waals surface area contributed by atoms with Crippen molar-refractivity contribution in [3.05, 3.63) is 53.4 Å². The zero-order valence-corrected chi connectivity index (χ0v) is 16.2. The van der Waals surface area contributed by atoms with Crippen molar-refractivity contribution in [2.45, 2.75) is 0 Å². The molecule has 26 heavy (non-hydrogen) atoms. The molecule has 0 saturated heterocycles. The molecule has 4 heterocycles. The van der Waals surface area contributed by atoms with Crippen LogP contribution in [-0.2, 0) is 0 Å². The Morgan fingerprint density at radius 3 is 2.15 bits per heavy atom. The van der Waals surface area contributed by atoms with E-state index in [1.807, 2.05) is 16.1 Å². The summed E-state index contributed by atoms with van der Waals surface area (Å²) in [6.45, 7) is 0. The number of hydrogen-bond donors (Lipinski definition) is 0. The lowest BCUT2D eigenvalue weighted by atomic mass is 9.93. The van der Waals surface area contributed by atoms with Gasteiger partial charge in [-0.2, -0.15) is 11.3 Å². The van der Waals surface area contributed by atoms with E-state index < -0.39 is 0 Å². The summed E-state index contributed by atoms with van der Waals surface area (Å²) in [5.74, 6) is 0. The molecule has 0 aliphatic carbocycles. The molecule has 0 spiro atoms. The molecule has 0 saturated carbocycles. The number of benzene rings is 3. The van der Waals surface area contributed by atoms with E-state index >= 15 is 0 Å². The summed E-state index contributed by atoms with van der Waals surface area (Å²) in [5, 5.41) is 19.3. The first-order chi connectivity index (χ1) is 12.8. The Morgan fingerprint density at radius 2 is 1.23 bits per heavy atom. The summed E-state index contributed by atoms with van der Waals surface area (Å²) in [7, 11) is 0. The highest BCUT2D eigenvalue weighted by Gasteiger charge is 2.24. The zero-order chi connectivity index (χ0) is 17.2. The lowest BCUT2D eigenvalue weighted by Crippen LogP contribution is -2.01. The van der Waals surface area contributed by atoms with Gasteiger partial charge in [-0.05, 0) is 16.8 Å². The maximum Gasteiger partial charge on any atom is 0.205 e. The fraction of sp³-hybridized carbons (Fsp3) is 0. The van der Waals surface area contributed by atoms with E-state index in [-0.39, 0.29) is 10.9 Å². The summed E-state index contributed by atoms with van der Waals surface area (Å²) in [5.41, 5.74) is 0.266. The van der Waals surface area contributed by atoms with Gasteiger partial charge in [-0.3, -0.25) is 9.59 Å². The highest BCUT2D eigenvalue weighted by molar-refractivity contribution is 7.22. The van der Waals surface area contributed by atoms with Gasteiger partial charge in [-0.15, -0.1) is 34.0 Å². The van der Waals surface area contributed by atoms with Crippen molar-refractivity contribution in [1.29, 1.82) is 0 Å². The van der Waals surface area contributed by atoms with E-state index in [0.717, 1.165) is 62.6 Å². The van der Waals surface area contributed by atoms with Crippen LogP contribution in [0, 0.1) is 0 Å². The van der Waals surface area contributed by atoms with Gasteiger partial charge in [0.15, 0.2) is 0 Å². The van der Waals surface area contributed by atoms with Crippen LogP contribution in [-0.4, -0.2) is 0 Å². The van der Waals surface area contributed by atoms with Crippen molar-refractivity contribution >= 4 is 108 Å². The van der Waals surface area contributed by atoms with Crippen molar-refractivity contribution in [2.75, 3.05) is 0 Å². The number of hydrogen-bond acceptors (Lipinski definition) is 6. The van der Waals surface area contributed by atoms with Crippen LogP contribution in [0.25, 0.3) is 62.6 Å². The first-order valence-corrected chi connectivity index (χ1v) is 11.6. The normalized spacial score (nSPS) is 12.9. The van der Waals surface area contributed by atoms with Crippen LogP contribution in [0.1, 0.15) is 0 Å². The van der Waals surface area contributed by atoms with Gasteiger partial charge in [0.2, 0.25) is 10.9 Å². The lowest BCUT2D eigenvalue weighted by molar-refractivity contribution is 1.89. The molecule has 7 aromatic rings. The second-order valence-electron chi connectivity index (χ2n) is 6.48. The molecular weight excluding hydrogens is 400 g/mol. The van der Waals surface area contributed by atoms with Gasteiger partial charge in [0.05, 0.1) is 9.40 Å². The van der Waals surface area contributed by atoms with Crippen LogP contribution in [0.15, 0.2) is 42.6 Å². The SMILES string of the molecule is O=c1c2csc3c4csc5c(=O)c6cscc6c(c54)c(c4ccsc14)c23. The van der Waals surface area contributed by atoms with Crippen LogP contribution in [0.4, 0.5) is 0 Å². The zero-order valence-electron chi connectivity index (χ0n) is 12.9. The Bertz CT molecular complexity index is 1640. The second-order valence-corrected chi connectivity index (χ2v) is 9.90. The van der Waals surface area contributed by atoms with Crippen LogP contribution in [0.5, 0.6) is 0 Å². The molecule has 2 nitrogen and oxygen atoms in total. The first kappa shape index (κ1) is 14.0. The van der Waals surface area contributed by atoms with Gasteiger partial charge in [-0.25, -0.2) is 0 Å². The topological polar surface area (TPSA) is 34.1 Å². The van der Waals surface area contributed by atoms with Crippen LogP contribution >= 0.6 is 45.3 Å². The smallest absolute Gasteiger partial charge is 0.205 e. The summed E-state index contributed by atoms with van der Waals surface area (Å²) in [4.78, 5) is 26.0. The van der Waals surface area contributed by atoms with E-state index in [4.69, 9.17) is 0 Å². The van der Waals surface area contributed by atoms with Gasteiger partial charge in [0.1, 0.15) is 0 Å². The number of rotatable bonds is 0. The number of fused-ring (bicyclic) bond motifs is 6. The minimum Gasteiger partial charge on any atom is -0.288 e. The predicted molar refractivity (Wildman–Crippen MR) is 118 cm³/mol. The highest BCUT2D eigenvalue weighted by Crippen LogP contribution is 2.48. The van der Waals surface area contributed by atoms with Crippen molar-refractivity contribution < 1.29 is 0 Å². The third-order valence-corrected chi connectivity index (χ3v) is 8.99. The Labute approximate surface area is 160 Å². The van der Waals surface area contributed by atoms with Crippen molar-refractivity contribution in [1.82, 2.24) is 0 Å². The lowest BCUT2D eigenvalue weighted by Gasteiger charge is -2.09. The summed E-state index contributed by atoms with van der Waals surface area (Å²) < 4.78 is 2.79. The van der Waals surface area contributed by atoms with Gasteiger partial charge in [-0.1, -0.05) is 0 Å². The average Bonchev–Trinajstić information content (AvgIpc) is 3.43. The monoisotopic (exact) mass is 406 g/mol. The van der Waals surface area contributed by atoms with Crippen LogP contribution < -0.4 is 10.9 Å². The molecule has 0 unspecified atom stereocenters. The Kier molecular flexibility index (Phi) is 2.37. The Hall–Kier alpha value is -2.12. The van der Waals surface area contributed by atoms with E-state index in [1.54, 1.807) is 22.7 Å². The molecule has 6 heteroatoms. The maximum atomic E-state index is 13.0. The van der Waals surface area contributed by atoms with E-state index in [1.165, 1.54) is 22.7 Å². The van der Waals surface area contributed by atoms with E-state index in [0.29, 0.717) is 0 Å². The third-order valence-electron chi connectivity index (χ3n) is 5.34. The molecule has 0 aliphatic rings. The molecule has 0 fully saturated rings. The molecule has 122 valence electrons. The average molecular weight is 407 g/mol. The Balaban J connectivity index is 2.09. The highest BCUT2D eigenvalue weighted by atomic mass is 32.1. The van der Waals surface area contributed by atoms with Gasteiger partial charge in [0, 0.05) is 69.3 Å². The summed E-state index contributed by atoms with van der Waals surface area (Å²) in [6.07, 6.45) is 0. The summed E-state index contributed by atoms with van der Waals surface area (Å²) in [6, 6.07) is 2.06. The van der Waals surface area contributed by atoms with Crippen LogP contribution in [0.2, 0.25) is 0 Å². The number of thiophene rings is 4. The van der Waals surface area contributed by atoms with Gasteiger partial charge < -0.3 is 0 Å². The Morgan fingerprint density at radius 1 is 0.538 bits per heavy atom. The molecule has 0 amide bonds. The minimum absolute atomic E-state index is 0.133. The molecular formula is C20H6O2S4. The standard InChI is InChI=1S/C20H6O2S4/c21-16-9-4-23-3-8(9)13-12-7-1-2-24-19(7)17(22)10-5-25-18(14(10)12)11-6-26-20(16)15(11)13/h1-6H. The third kappa shape index (κ3) is 1.36. The first-order valence-electron chi connectivity index (χ1n) is 7.98. The molecule has 0 N–H and O–H groups in total. The second kappa shape index (κ2) is 4.40. The quantitative estimate of drug-likeness (QED) is 0.271. The minimum atomic E-state index is 0.133. The fourth-order valence-corrected chi connectivity index (χ4v) is 8.14. The molecule has 0 atom stereocenters. The van der Waals surface area contributed by atoms with Gasteiger partial charge in [0.25, 0.3) is 0 Å². The maximum absolute atomic E-state index is 13.0. The predicted octanol–water partition coefficient (Wildman–Crippen LogP) is 6.45. The van der Waals surface area contributed by atoms with Crippen LogP contribution in [0.3, 0.4) is 0 Å².